The highest BCUT2D eigenvalue weighted by Gasteiger charge is 2.20. The second-order valence-electron chi connectivity index (χ2n) is 3.65. The van der Waals surface area contributed by atoms with Gasteiger partial charge in [0.05, 0.1) is 6.10 Å². The lowest BCUT2D eigenvalue weighted by Gasteiger charge is -2.05. The van der Waals surface area contributed by atoms with Crippen molar-refractivity contribution < 1.29 is 5.11 Å². The lowest BCUT2D eigenvalue weighted by Crippen LogP contribution is -1.99. The molecule has 14 heavy (non-hydrogen) atoms. The smallest absolute Gasteiger partial charge is 0.0982 e. The van der Waals surface area contributed by atoms with Gasteiger partial charge in [0.15, 0.2) is 0 Å². The predicted octanol–water partition coefficient (Wildman–Crippen LogP) is 2.30. The van der Waals surface area contributed by atoms with Crippen LogP contribution >= 0.6 is 0 Å². The highest BCUT2D eigenvalue weighted by Crippen LogP contribution is 2.35. The molecule has 1 aliphatic heterocycles. The molecule has 0 aromatic heterocycles. The van der Waals surface area contributed by atoms with E-state index in [2.05, 4.69) is 23.5 Å². The van der Waals surface area contributed by atoms with Crippen LogP contribution in [0.25, 0.3) is 10.8 Å². The molecule has 70 valence electrons. The Kier molecular flexibility index (Phi) is 1.52. The average molecular weight is 185 g/mol. The molecular weight excluding hydrogens is 174 g/mol. The molecule has 0 fully saturated rings. The third kappa shape index (κ3) is 0.946. The first-order chi connectivity index (χ1) is 6.86. The molecular formula is C12H11NO. The number of aliphatic hydroxyl groups is 1. The van der Waals surface area contributed by atoms with Crippen LogP contribution in [0.15, 0.2) is 36.4 Å². The molecule has 0 radical (unpaired) electrons. The molecule has 0 saturated heterocycles. The molecule has 2 heteroatoms. The maximum atomic E-state index is 9.68. The number of anilines is 1. The molecule has 0 aliphatic carbocycles. The quantitative estimate of drug-likeness (QED) is 0.660. The van der Waals surface area contributed by atoms with Gasteiger partial charge in [-0.25, -0.2) is 0 Å². The predicted molar refractivity (Wildman–Crippen MR) is 57.4 cm³/mol. The molecule has 1 atom stereocenters. The highest BCUT2D eigenvalue weighted by molar-refractivity contribution is 5.96. The van der Waals surface area contributed by atoms with Gasteiger partial charge in [-0.1, -0.05) is 36.4 Å². The summed E-state index contributed by atoms with van der Waals surface area (Å²) in [4.78, 5) is 0. The Morgan fingerprint density at radius 1 is 1.14 bits per heavy atom. The monoisotopic (exact) mass is 185 g/mol. The third-order valence-corrected chi connectivity index (χ3v) is 2.79. The zero-order valence-electron chi connectivity index (χ0n) is 7.70. The fourth-order valence-corrected chi connectivity index (χ4v) is 2.07. The van der Waals surface area contributed by atoms with Gasteiger partial charge in [-0.15, -0.1) is 0 Å². The summed E-state index contributed by atoms with van der Waals surface area (Å²) in [5, 5.41) is 15.3. The third-order valence-electron chi connectivity index (χ3n) is 2.79. The Bertz CT molecular complexity index is 493. The summed E-state index contributed by atoms with van der Waals surface area (Å²) in [6.07, 6.45) is -0.352. The van der Waals surface area contributed by atoms with Crippen LogP contribution in [0.3, 0.4) is 0 Å². The fraction of sp³-hybridized carbons (Fsp3) is 0.167. The Morgan fingerprint density at radius 2 is 2.00 bits per heavy atom. The number of hydrogen-bond donors (Lipinski definition) is 2. The second kappa shape index (κ2) is 2.72. The van der Waals surface area contributed by atoms with Crippen molar-refractivity contribution in [1.29, 1.82) is 0 Å². The number of aliphatic hydroxyl groups excluding tert-OH is 1. The zero-order valence-corrected chi connectivity index (χ0v) is 7.70. The molecule has 1 heterocycles. The molecule has 2 aromatic rings. The van der Waals surface area contributed by atoms with E-state index < -0.39 is 0 Å². The second-order valence-corrected chi connectivity index (χ2v) is 3.65. The van der Waals surface area contributed by atoms with E-state index in [1.807, 2.05) is 18.2 Å². The van der Waals surface area contributed by atoms with Crippen molar-refractivity contribution in [2.24, 2.45) is 0 Å². The van der Waals surface area contributed by atoms with E-state index in [1.165, 1.54) is 10.8 Å². The molecule has 1 aliphatic rings. The van der Waals surface area contributed by atoms with Crippen LogP contribution in [-0.4, -0.2) is 11.7 Å². The molecule has 3 rings (SSSR count). The Hall–Kier alpha value is -1.54. The van der Waals surface area contributed by atoms with Gasteiger partial charge in [0.2, 0.25) is 0 Å². The first-order valence-electron chi connectivity index (χ1n) is 4.80. The van der Waals surface area contributed by atoms with Gasteiger partial charge in [0, 0.05) is 23.2 Å². The van der Waals surface area contributed by atoms with E-state index in [-0.39, 0.29) is 6.10 Å². The molecule has 2 N–H and O–H groups in total. The van der Waals surface area contributed by atoms with E-state index in [0.29, 0.717) is 6.54 Å². The summed E-state index contributed by atoms with van der Waals surface area (Å²) in [5.41, 5.74) is 2.11. The van der Waals surface area contributed by atoms with Gasteiger partial charge in [0.25, 0.3) is 0 Å². The number of benzene rings is 2. The lowest BCUT2D eigenvalue weighted by molar-refractivity contribution is 0.199. The summed E-state index contributed by atoms with van der Waals surface area (Å²) in [6.45, 7) is 0.628. The molecule has 0 spiro atoms. The van der Waals surface area contributed by atoms with Gasteiger partial charge in [0.1, 0.15) is 0 Å². The van der Waals surface area contributed by atoms with Gasteiger partial charge in [-0.2, -0.15) is 0 Å². The van der Waals surface area contributed by atoms with Crippen LogP contribution < -0.4 is 5.32 Å². The first kappa shape index (κ1) is 7.83. The van der Waals surface area contributed by atoms with Crippen molar-refractivity contribution >= 4 is 16.5 Å². The molecule has 0 saturated carbocycles. The van der Waals surface area contributed by atoms with Crippen LogP contribution in [0.1, 0.15) is 11.7 Å². The van der Waals surface area contributed by atoms with Gasteiger partial charge >= 0.3 is 0 Å². The molecule has 2 aromatic carbocycles. The van der Waals surface area contributed by atoms with Gasteiger partial charge < -0.3 is 10.4 Å². The molecule has 0 amide bonds. The summed E-state index contributed by atoms with van der Waals surface area (Å²) >= 11 is 0. The van der Waals surface area contributed by atoms with Crippen molar-refractivity contribution in [1.82, 2.24) is 0 Å². The number of rotatable bonds is 0. The fourth-order valence-electron chi connectivity index (χ4n) is 2.07. The molecule has 0 bridgehead atoms. The zero-order chi connectivity index (χ0) is 9.54. The number of hydrogen-bond acceptors (Lipinski definition) is 2. The summed E-state index contributed by atoms with van der Waals surface area (Å²) < 4.78 is 0. The van der Waals surface area contributed by atoms with Crippen LogP contribution in [0.4, 0.5) is 5.69 Å². The Labute approximate surface area is 82.2 Å². The minimum absolute atomic E-state index is 0.352. The number of β-amino-alcohol motifs (C(OH)–C–C–N with tert-alkyl or cyclic N) is 1. The number of nitrogens with one attached hydrogen (secondary N) is 1. The minimum atomic E-state index is -0.352. The van der Waals surface area contributed by atoms with Crippen molar-refractivity contribution in [3.63, 3.8) is 0 Å². The van der Waals surface area contributed by atoms with Crippen molar-refractivity contribution in [2.75, 3.05) is 11.9 Å². The largest absolute Gasteiger partial charge is 0.386 e. The van der Waals surface area contributed by atoms with Gasteiger partial charge in [-0.05, 0) is 5.39 Å². The Balaban J connectivity index is 2.38. The van der Waals surface area contributed by atoms with Crippen molar-refractivity contribution in [3.05, 3.63) is 42.0 Å². The molecule has 2 nitrogen and oxygen atoms in total. The molecule has 1 unspecified atom stereocenters. The van der Waals surface area contributed by atoms with E-state index >= 15 is 0 Å². The van der Waals surface area contributed by atoms with Gasteiger partial charge in [-0.3, -0.25) is 0 Å². The van der Waals surface area contributed by atoms with E-state index in [4.69, 9.17) is 0 Å². The highest BCUT2D eigenvalue weighted by atomic mass is 16.3. The van der Waals surface area contributed by atoms with E-state index in [9.17, 15) is 5.11 Å². The average Bonchev–Trinajstić information content (AvgIpc) is 2.61. The summed E-state index contributed by atoms with van der Waals surface area (Å²) in [7, 11) is 0. The Morgan fingerprint density at radius 3 is 2.93 bits per heavy atom. The minimum Gasteiger partial charge on any atom is -0.386 e. The maximum Gasteiger partial charge on any atom is 0.0982 e. The SMILES string of the molecule is OC1CNc2c1ccc1ccccc21. The van der Waals surface area contributed by atoms with Crippen molar-refractivity contribution in [2.45, 2.75) is 6.10 Å². The normalized spacial score (nSPS) is 19.4. The van der Waals surface area contributed by atoms with Crippen LogP contribution in [0, 0.1) is 0 Å². The van der Waals surface area contributed by atoms with E-state index in [1.54, 1.807) is 0 Å². The number of fused-ring (bicyclic) bond motifs is 3. The standard InChI is InChI=1S/C12H11NO/c14-11-7-13-12-9-4-2-1-3-8(9)5-6-10(11)12/h1-6,11,13-14H,7H2. The van der Waals surface area contributed by atoms with Crippen LogP contribution in [-0.2, 0) is 0 Å². The van der Waals surface area contributed by atoms with Crippen molar-refractivity contribution in [3.8, 4) is 0 Å². The lowest BCUT2D eigenvalue weighted by atomic mass is 10.0. The maximum absolute atomic E-state index is 9.68. The van der Waals surface area contributed by atoms with E-state index in [0.717, 1.165) is 11.3 Å². The van der Waals surface area contributed by atoms with Crippen LogP contribution in [0.5, 0.6) is 0 Å². The first-order valence-corrected chi connectivity index (χ1v) is 4.80. The summed E-state index contributed by atoms with van der Waals surface area (Å²) in [6, 6.07) is 12.3. The van der Waals surface area contributed by atoms with Crippen LogP contribution in [0.2, 0.25) is 0 Å². The topological polar surface area (TPSA) is 32.3 Å². The summed E-state index contributed by atoms with van der Waals surface area (Å²) in [5.74, 6) is 0.